The summed E-state index contributed by atoms with van der Waals surface area (Å²) in [6, 6.07) is 19.7. The molecule has 3 aromatic carbocycles. The smallest absolute Gasteiger partial charge is 0.334 e. The van der Waals surface area contributed by atoms with Gasteiger partial charge in [-0.3, -0.25) is 10.1 Å². The van der Waals surface area contributed by atoms with Gasteiger partial charge >= 0.3 is 5.69 Å². The van der Waals surface area contributed by atoms with E-state index in [1.807, 2.05) is 49.4 Å². The molecule has 1 aromatic heterocycles. The van der Waals surface area contributed by atoms with Crippen molar-refractivity contribution in [3.8, 4) is 0 Å². The minimum absolute atomic E-state index is 0.00744. The highest BCUT2D eigenvalue weighted by Crippen LogP contribution is 2.39. The van der Waals surface area contributed by atoms with Crippen molar-refractivity contribution >= 4 is 49.5 Å². The Kier molecular flexibility index (Phi) is 7.65. The quantitative estimate of drug-likeness (QED) is 0.216. The zero-order valence-corrected chi connectivity index (χ0v) is 21.6. The number of fused-ring (bicyclic) bond motifs is 1. The lowest BCUT2D eigenvalue weighted by atomic mass is 10.1. The normalized spacial score (nSPS) is 11.6. The Balaban J connectivity index is 1.73. The van der Waals surface area contributed by atoms with Crippen LogP contribution in [0.4, 0.5) is 28.7 Å². The molecule has 0 radical (unpaired) electrons. The number of aromatic nitrogens is 2. The standard InChI is InChI=1S/C26H28N6O4S/c1-4-30(5-2)37(35,36)21-16-14-20(15-17-21)29-25-24(32(33)34)26(28-18-27-25)31(6-3)23-13-9-11-19-10-7-8-12-22(19)23/h7-18H,4-6H2,1-3H3,(H,27,28,29). The number of anilines is 4. The maximum Gasteiger partial charge on any atom is 0.354 e. The molecule has 192 valence electrons. The first-order chi connectivity index (χ1) is 17.8. The maximum atomic E-state index is 12.8. The van der Waals surface area contributed by atoms with Crippen molar-refractivity contribution in [2.45, 2.75) is 25.7 Å². The minimum atomic E-state index is -3.62. The largest absolute Gasteiger partial charge is 0.354 e. The lowest BCUT2D eigenvalue weighted by Crippen LogP contribution is -2.30. The summed E-state index contributed by atoms with van der Waals surface area (Å²) in [5.41, 5.74) is 0.968. The number of hydrogen-bond acceptors (Lipinski definition) is 8. The molecule has 37 heavy (non-hydrogen) atoms. The minimum Gasteiger partial charge on any atom is -0.334 e. The molecule has 10 nitrogen and oxygen atoms in total. The lowest BCUT2D eigenvalue weighted by Gasteiger charge is -2.24. The molecule has 0 fully saturated rings. The number of sulfonamides is 1. The summed E-state index contributed by atoms with van der Waals surface area (Å²) >= 11 is 0. The third kappa shape index (κ3) is 5.09. The number of rotatable bonds is 10. The molecule has 1 N–H and O–H groups in total. The van der Waals surface area contributed by atoms with E-state index in [9.17, 15) is 18.5 Å². The molecule has 4 aromatic rings. The molecule has 0 spiro atoms. The van der Waals surface area contributed by atoms with Crippen LogP contribution < -0.4 is 10.2 Å². The number of nitro groups is 1. The van der Waals surface area contributed by atoms with Gasteiger partial charge in [0, 0.05) is 30.7 Å². The Morgan fingerprint density at radius 1 is 0.892 bits per heavy atom. The molecular formula is C26H28N6O4S. The Bertz CT molecular complexity index is 1520. The van der Waals surface area contributed by atoms with E-state index in [-0.39, 0.29) is 22.2 Å². The van der Waals surface area contributed by atoms with E-state index in [0.29, 0.717) is 25.3 Å². The van der Waals surface area contributed by atoms with Crippen LogP contribution in [0.15, 0.2) is 78.0 Å². The predicted octanol–water partition coefficient (Wildman–Crippen LogP) is 5.47. The maximum absolute atomic E-state index is 12.8. The molecule has 0 aliphatic carbocycles. The van der Waals surface area contributed by atoms with Crippen molar-refractivity contribution in [2.24, 2.45) is 0 Å². The first-order valence-electron chi connectivity index (χ1n) is 11.9. The van der Waals surface area contributed by atoms with Crippen LogP contribution in [0.5, 0.6) is 0 Å². The second-order valence-electron chi connectivity index (χ2n) is 8.13. The molecule has 0 saturated heterocycles. The monoisotopic (exact) mass is 520 g/mol. The zero-order valence-electron chi connectivity index (χ0n) is 20.8. The predicted molar refractivity (Wildman–Crippen MR) is 145 cm³/mol. The van der Waals surface area contributed by atoms with Crippen molar-refractivity contribution < 1.29 is 13.3 Å². The third-order valence-electron chi connectivity index (χ3n) is 6.08. The van der Waals surface area contributed by atoms with Crippen molar-refractivity contribution in [1.82, 2.24) is 14.3 Å². The van der Waals surface area contributed by atoms with Crippen LogP contribution in [0, 0.1) is 10.1 Å². The molecule has 1 heterocycles. The summed E-state index contributed by atoms with van der Waals surface area (Å²) in [5, 5.41) is 17.2. The Labute approximate surface area is 215 Å². The van der Waals surface area contributed by atoms with Gasteiger partial charge in [-0.15, -0.1) is 0 Å². The highest BCUT2D eigenvalue weighted by atomic mass is 32.2. The highest BCUT2D eigenvalue weighted by molar-refractivity contribution is 7.89. The molecule has 0 aliphatic heterocycles. The Morgan fingerprint density at radius 2 is 1.57 bits per heavy atom. The van der Waals surface area contributed by atoms with Gasteiger partial charge in [0.1, 0.15) is 6.33 Å². The first kappa shape index (κ1) is 26.0. The summed E-state index contributed by atoms with van der Waals surface area (Å²) in [7, 11) is -3.62. The van der Waals surface area contributed by atoms with E-state index in [2.05, 4.69) is 15.3 Å². The van der Waals surface area contributed by atoms with Gasteiger partial charge in [-0.25, -0.2) is 18.4 Å². The van der Waals surface area contributed by atoms with Crippen molar-refractivity contribution in [3.63, 3.8) is 0 Å². The molecule has 11 heteroatoms. The average Bonchev–Trinajstić information content (AvgIpc) is 2.90. The molecule has 0 atom stereocenters. The number of nitrogens with zero attached hydrogens (tertiary/aromatic N) is 5. The second kappa shape index (κ2) is 10.9. The second-order valence-corrected chi connectivity index (χ2v) is 10.1. The SMILES string of the molecule is CCN(c1ncnc(Nc2ccc(S(=O)(=O)N(CC)CC)cc2)c1[N+](=O)[O-])c1cccc2ccccc12. The van der Waals surface area contributed by atoms with Crippen molar-refractivity contribution in [1.29, 1.82) is 0 Å². The molecule has 0 amide bonds. The zero-order chi connectivity index (χ0) is 26.6. The Hall–Kier alpha value is -4.09. The van der Waals surface area contributed by atoms with Gasteiger partial charge in [0.05, 0.1) is 15.5 Å². The number of nitrogens with one attached hydrogen (secondary N) is 1. The van der Waals surface area contributed by atoms with Crippen LogP contribution in [0.3, 0.4) is 0 Å². The first-order valence-corrected chi connectivity index (χ1v) is 13.4. The Morgan fingerprint density at radius 3 is 2.22 bits per heavy atom. The molecule has 4 rings (SSSR count). The van der Waals surface area contributed by atoms with Crippen molar-refractivity contribution in [2.75, 3.05) is 29.9 Å². The molecule has 0 bridgehead atoms. The summed E-state index contributed by atoms with van der Waals surface area (Å²) < 4.78 is 26.9. The number of hydrogen-bond donors (Lipinski definition) is 1. The lowest BCUT2D eigenvalue weighted by molar-refractivity contribution is -0.383. The fourth-order valence-electron chi connectivity index (χ4n) is 4.26. The van der Waals surface area contributed by atoms with Crippen molar-refractivity contribution in [3.05, 3.63) is 83.2 Å². The van der Waals surface area contributed by atoms with E-state index in [1.54, 1.807) is 30.9 Å². The van der Waals surface area contributed by atoms with E-state index in [4.69, 9.17) is 0 Å². The molecule has 0 saturated carbocycles. The van der Waals surface area contributed by atoms with Crippen LogP contribution in [-0.2, 0) is 10.0 Å². The fourth-order valence-corrected chi connectivity index (χ4v) is 5.72. The van der Waals surface area contributed by atoms with E-state index >= 15 is 0 Å². The summed E-state index contributed by atoms with van der Waals surface area (Å²) in [4.78, 5) is 22.1. The third-order valence-corrected chi connectivity index (χ3v) is 8.14. The van der Waals surface area contributed by atoms with Gasteiger partial charge in [0.25, 0.3) is 0 Å². The van der Waals surface area contributed by atoms with Gasteiger partial charge in [-0.2, -0.15) is 4.31 Å². The van der Waals surface area contributed by atoms with Crippen LogP contribution in [0.25, 0.3) is 10.8 Å². The molecule has 0 unspecified atom stereocenters. The van der Waals surface area contributed by atoms with Crippen LogP contribution >= 0.6 is 0 Å². The number of benzene rings is 3. The summed E-state index contributed by atoms with van der Waals surface area (Å²) in [6.45, 7) is 6.61. The van der Waals surface area contributed by atoms with Crippen LogP contribution in [-0.4, -0.2) is 47.2 Å². The van der Waals surface area contributed by atoms with E-state index in [1.165, 1.54) is 22.8 Å². The summed E-state index contributed by atoms with van der Waals surface area (Å²) in [6.07, 6.45) is 1.28. The molecular weight excluding hydrogens is 492 g/mol. The van der Waals surface area contributed by atoms with E-state index in [0.717, 1.165) is 16.5 Å². The van der Waals surface area contributed by atoms with Gasteiger partial charge < -0.3 is 10.2 Å². The van der Waals surface area contributed by atoms with Gasteiger partial charge in [-0.05, 0) is 42.6 Å². The highest BCUT2D eigenvalue weighted by Gasteiger charge is 2.28. The fraction of sp³-hybridized carbons (Fsp3) is 0.231. The van der Waals surface area contributed by atoms with Crippen LogP contribution in [0.1, 0.15) is 20.8 Å². The summed E-state index contributed by atoms with van der Waals surface area (Å²) in [5.74, 6) is 0.162. The average molecular weight is 521 g/mol. The van der Waals surface area contributed by atoms with E-state index < -0.39 is 14.9 Å². The van der Waals surface area contributed by atoms with Gasteiger partial charge in [-0.1, -0.05) is 50.2 Å². The topological polar surface area (TPSA) is 122 Å². The molecule has 0 aliphatic rings. The van der Waals surface area contributed by atoms with Gasteiger partial charge in [0.15, 0.2) is 0 Å². The van der Waals surface area contributed by atoms with Crippen LogP contribution in [0.2, 0.25) is 0 Å². The van der Waals surface area contributed by atoms with Gasteiger partial charge in [0.2, 0.25) is 21.7 Å².